The summed E-state index contributed by atoms with van der Waals surface area (Å²) in [4.78, 5) is 2.81. The molecule has 1 aliphatic heterocycles. The summed E-state index contributed by atoms with van der Waals surface area (Å²) in [6, 6.07) is 11.8. The van der Waals surface area contributed by atoms with Crippen LogP contribution in [0.4, 0.5) is 0 Å². The summed E-state index contributed by atoms with van der Waals surface area (Å²) in [6.07, 6.45) is 9.94. The lowest BCUT2D eigenvalue weighted by Crippen LogP contribution is -2.65. The van der Waals surface area contributed by atoms with Gasteiger partial charge in [-0.3, -0.25) is 4.90 Å². The predicted octanol–water partition coefficient (Wildman–Crippen LogP) is 3.57. The van der Waals surface area contributed by atoms with Crippen LogP contribution < -0.4 is 5.32 Å². The van der Waals surface area contributed by atoms with Gasteiger partial charge in [0, 0.05) is 31.2 Å². The molecule has 21 heavy (non-hydrogen) atoms. The molecule has 1 unspecified atom stereocenters. The van der Waals surface area contributed by atoms with Crippen LogP contribution in [0.5, 0.6) is 0 Å². The number of nitrogens with one attached hydrogen (secondary N) is 1. The van der Waals surface area contributed by atoms with Gasteiger partial charge in [0.05, 0.1) is 0 Å². The summed E-state index contributed by atoms with van der Waals surface area (Å²) in [5.41, 5.74) is 1.91. The molecule has 1 heterocycles. The van der Waals surface area contributed by atoms with Crippen LogP contribution >= 0.6 is 0 Å². The van der Waals surface area contributed by atoms with Gasteiger partial charge in [-0.2, -0.15) is 0 Å². The third-order valence-corrected chi connectivity index (χ3v) is 5.87. The molecular formula is C19H28N2. The molecule has 4 rings (SSSR count). The van der Waals surface area contributed by atoms with Crippen molar-refractivity contribution in [3.63, 3.8) is 0 Å². The minimum atomic E-state index is 0.429. The van der Waals surface area contributed by atoms with E-state index in [9.17, 15) is 0 Å². The van der Waals surface area contributed by atoms with Crippen molar-refractivity contribution in [1.29, 1.82) is 0 Å². The fourth-order valence-corrected chi connectivity index (χ4v) is 4.51. The molecule has 2 aliphatic carbocycles. The normalized spacial score (nSPS) is 29.6. The van der Waals surface area contributed by atoms with Crippen LogP contribution in [0.3, 0.4) is 0 Å². The Morgan fingerprint density at radius 3 is 2.52 bits per heavy atom. The van der Waals surface area contributed by atoms with Crippen molar-refractivity contribution < 1.29 is 0 Å². The van der Waals surface area contributed by atoms with Crippen molar-refractivity contribution in [2.45, 2.75) is 63.1 Å². The predicted molar refractivity (Wildman–Crippen MR) is 87.2 cm³/mol. The van der Waals surface area contributed by atoms with Crippen molar-refractivity contribution in [3.8, 4) is 0 Å². The Hall–Kier alpha value is -0.860. The first kappa shape index (κ1) is 13.8. The second-order valence-corrected chi connectivity index (χ2v) is 7.52. The monoisotopic (exact) mass is 284 g/mol. The number of hydrogen-bond donors (Lipinski definition) is 1. The van der Waals surface area contributed by atoms with Gasteiger partial charge in [-0.15, -0.1) is 0 Å². The van der Waals surface area contributed by atoms with E-state index in [0.717, 1.165) is 18.5 Å². The van der Waals surface area contributed by atoms with Gasteiger partial charge in [-0.1, -0.05) is 49.6 Å². The van der Waals surface area contributed by atoms with Crippen molar-refractivity contribution in [1.82, 2.24) is 10.2 Å². The highest BCUT2D eigenvalue weighted by atomic mass is 15.3. The summed E-state index contributed by atoms with van der Waals surface area (Å²) < 4.78 is 0. The third-order valence-electron chi connectivity index (χ3n) is 5.87. The molecule has 1 spiro atoms. The van der Waals surface area contributed by atoms with Crippen molar-refractivity contribution in [2.75, 3.05) is 13.1 Å². The first-order chi connectivity index (χ1) is 10.3. The summed E-state index contributed by atoms with van der Waals surface area (Å²) in [6.45, 7) is 3.63. The van der Waals surface area contributed by atoms with E-state index in [1.807, 2.05) is 0 Å². The van der Waals surface area contributed by atoms with Gasteiger partial charge in [0.2, 0.25) is 0 Å². The lowest BCUT2D eigenvalue weighted by atomic mass is 9.79. The molecular weight excluding hydrogens is 256 g/mol. The molecule has 1 aromatic carbocycles. The molecule has 1 atom stereocenters. The Bertz CT molecular complexity index is 460. The topological polar surface area (TPSA) is 15.3 Å². The van der Waals surface area contributed by atoms with Crippen LogP contribution in [0.1, 0.15) is 50.5 Å². The molecule has 3 aliphatic rings. The Labute approximate surface area is 128 Å². The number of benzene rings is 1. The van der Waals surface area contributed by atoms with Gasteiger partial charge in [0.1, 0.15) is 0 Å². The highest BCUT2D eigenvalue weighted by Crippen LogP contribution is 2.40. The largest absolute Gasteiger partial charge is 0.308 e. The van der Waals surface area contributed by atoms with Crippen molar-refractivity contribution in [2.24, 2.45) is 5.92 Å². The maximum atomic E-state index is 3.98. The first-order valence-corrected chi connectivity index (χ1v) is 8.88. The quantitative estimate of drug-likeness (QED) is 0.913. The van der Waals surface area contributed by atoms with Gasteiger partial charge in [0.25, 0.3) is 0 Å². The third kappa shape index (κ3) is 3.02. The Morgan fingerprint density at radius 1 is 1.05 bits per heavy atom. The SMILES string of the molecule is c1ccc(CN2CC3(CCCCC3)NCC2C2CC2)cc1. The van der Waals surface area contributed by atoms with Crippen LogP contribution in [0.2, 0.25) is 0 Å². The minimum absolute atomic E-state index is 0.429. The average Bonchev–Trinajstić information content (AvgIpc) is 3.34. The fraction of sp³-hybridized carbons (Fsp3) is 0.684. The summed E-state index contributed by atoms with van der Waals surface area (Å²) in [5, 5.41) is 3.98. The van der Waals surface area contributed by atoms with Gasteiger partial charge in [-0.25, -0.2) is 0 Å². The van der Waals surface area contributed by atoms with Gasteiger partial charge in [0.15, 0.2) is 0 Å². The Kier molecular flexibility index (Phi) is 3.76. The highest BCUT2D eigenvalue weighted by molar-refractivity contribution is 5.16. The standard InChI is InChI=1S/C19H28N2/c1-3-7-16(8-4-1)14-21-15-19(11-5-2-6-12-19)20-13-18(21)17-9-10-17/h1,3-4,7-8,17-18,20H,2,5-6,9-15H2. The van der Waals surface area contributed by atoms with E-state index in [0.29, 0.717) is 5.54 Å². The number of nitrogens with zero attached hydrogens (tertiary/aromatic N) is 1. The molecule has 1 aromatic rings. The van der Waals surface area contributed by atoms with Crippen molar-refractivity contribution >= 4 is 0 Å². The van der Waals surface area contributed by atoms with E-state index < -0.39 is 0 Å². The van der Waals surface area contributed by atoms with E-state index >= 15 is 0 Å². The highest BCUT2D eigenvalue weighted by Gasteiger charge is 2.44. The zero-order chi connectivity index (χ0) is 14.1. The summed E-state index contributed by atoms with van der Waals surface area (Å²) >= 11 is 0. The molecule has 0 amide bonds. The molecule has 1 saturated heterocycles. The molecule has 0 bridgehead atoms. The first-order valence-electron chi connectivity index (χ1n) is 8.88. The molecule has 3 fully saturated rings. The van der Waals surface area contributed by atoms with Crippen LogP contribution in [0.15, 0.2) is 30.3 Å². The zero-order valence-electron chi connectivity index (χ0n) is 13.1. The lowest BCUT2D eigenvalue weighted by molar-refractivity contribution is 0.0409. The van der Waals surface area contributed by atoms with Crippen LogP contribution in [0.25, 0.3) is 0 Å². The smallest absolute Gasteiger partial charge is 0.0309 e. The fourth-order valence-electron chi connectivity index (χ4n) is 4.51. The molecule has 1 N–H and O–H groups in total. The second kappa shape index (κ2) is 5.73. The number of piperazine rings is 1. The number of rotatable bonds is 3. The molecule has 0 aromatic heterocycles. The maximum absolute atomic E-state index is 3.98. The van der Waals surface area contributed by atoms with Crippen molar-refractivity contribution in [3.05, 3.63) is 35.9 Å². The molecule has 2 heteroatoms. The van der Waals surface area contributed by atoms with E-state index in [1.54, 1.807) is 0 Å². The van der Waals surface area contributed by atoms with Crippen LogP contribution in [-0.4, -0.2) is 29.6 Å². The lowest BCUT2D eigenvalue weighted by Gasteiger charge is -2.50. The van der Waals surface area contributed by atoms with Crippen LogP contribution in [-0.2, 0) is 6.54 Å². The van der Waals surface area contributed by atoms with Gasteiger partial charge < -0.3 is 5.32 Å². The maximum Gasteiger partial charge on any atom is 0.0309 e. The van der Waals surface area contributed by atoms with Crippen LogP contribution in [0, 0.1) is 5.92 Å². The Balaban J connectivity index is 1.51. The molecule has 114 valence electrons. The zero-order valence-corrected chi connectivity index (χ0v) is 13.1. The average molecular weight is 284 g/mol. The summed E-state index contributed by atoms with van der Waals surface area (Å²) in [5.74, 6) is 0.960. The molecule has 2 saturated carbocycles. The van der Waals surface area contributed by atoms with E-state index in [1.165, 1.54) is 63.6 Å². The number of hydrogen-bond acceptors (Lipinski definition) is 2. The molecule has 0 radical (unpaired) electrons. The second-order valence-electron chi connectivity index (χ2n) is 7.52. The molecule has 2 nitrogen and oxygen atoms in total. The van der Waals surface area contributed by atoms with E-state index in [2.05, 4.69) is 40.5 Å². The Morgan fingerprint density at radius 2 is 1.81 bits per heavy atom. The van der Waals surface area contributed by atoms with Gasteiger partial charge >= 0.3 is 0 Å². The van der Waals surface area contributed by atoms with E-state index in [4.69, 9.17) is 0 Å². The minimum Gasteiger partial charge on any atom is -0.308 e. The van der Waals surface area contributed by atoms with Gasteiger partial charge in [-0.05, 0) is 37.2 Å². The van der Waals surface area contributed by atoms with E-state index in [-0.39, 0.29) is 0 Å². The summed E-state index contributed by atoms with van der Waals surface area (Å²) in [7, 11) is 0.